The van der Waals surface area contributed by atoms with Gasteiger partial charge in [0, 0.05) is 28.7 Å². The molecule has 1 heterocycles. The molecule has 4 atom stereocenters. The van der Waals surface area contributed by atoms with E-state index < -0.39 is 6.29 Å². The monoisotopic (exact) mass is 541 g/mol. The Hall–Kier alpha value is -3.13. The zero-order valence-electron chi connectivity index (χ0n) is 22.3. The fourth-order valence-electron chi connectivity index (χ4n) is 4.96. The SMILES string of the molecule is COc1ccccc1SC[C@@H]1O[C@H](c2cccc(-c3cccc(CN)c3)c2)O[C@H](c2ccc(CO)cc2)[C@@H]1C. The first kappa shape index (κ1) is 27.4. The summed E-state index contributed by atoms with van der Waals surface area (Å²) >= 11 is 1.74. The van der Waals surface area contributed by atoms with Crippen molar-refractivity contribution in [1.29, 1.82) is 0 Å². The first-order chi connectivity index (χ1) is 19.1. The predicted octanol–water partition coefficient (Wildman–Crippen LogP) is 6.90. The zero-order valence-corrected chi connectivity index (χ0v) is 23.1. The van der Waals surface area contributed by atoms with Crippen LogP contribution in [0.25, 0.3) is 11.1 Å². The molecule has 1 aliphatic heterocycles. The quantitative estimate of drug-likeness (QED) is 0.225. The van der Waals surface area contributed by atoms with Gasteiger partial charge in [0.05, 0.1) is 25.9 Å². The van der Waals surface area contributed by atoms with Crippen molar-refractivity contribution in [2.45, 2.75) is 43.5 Å². The van der Waals surface area contributed by atoms with Crippen molar-refractivity contribution in [3.05, 3.63) is 119 Å². The molecule has 0 spiro atoms. The average Bonchev–Trinajstić information content (AvgIpc) is 3.01. The largest absolute Gasteiger partial charge is 0.496 e. The van der Waals surface area contributed by atoms with Crippen LogP contribution in [0.2, 0.25) is 0 Å². The van der Waals surface area contributed by atoms with Crippen LogP contribution in [0.3, 0.4) is 0 Å². The van der Waals surface area contributed by atoms with Crippen LogP contribution in [0, 0.1) is 5.92 Å². The van der Waals surface area contributed by atoms with Gasteiger partial charge in [-0.3, -0.25) is 0 Å². The van der Waals surface area contributed by atoms with E-state index in [9.17, 15) is 5.11 Å². The molecule has 1 aliphatic rings. The highest BCUT2D eigenvalue weighted by Crippen LogP contribution is 2.44. The van der Waals surface area contributed by atoms with E-state index in [1.54, 1.807) is 18.9 Å². The zero-order chi connectivity index (χ0) is 27.2. The molecule has 0 unspecified atom stereocenters. The molecule has 0 aromatic heterocycles. The second kappa shape index (κ2) is 12.8. The molecule has 202 valence electrons. The number of rotatable bonds is 9. The summed E-state index contributed by atoms with van der Waals surface area (Å²) in [6.07, 6.45) is -0.751. The lowest BCUT2D eigenvalue weighted by Gasteiger charge is -2.41. The van der Waals surface area contributed by atoms with Crippen LogP contribution in [-0.4, -0.2) is 24.1 Å². The molecule has 4 aromatic carbocycles. The lowest BCUT2D eigenvalue weighted by Crippen LogP contribution is -2.38. The van der Waals surface area contributed by atoms with E-state index in [4.69, 9.17) is 19.9 Å². The lowest BCUT2D eigenvalue weighted by molar-refractivity contribution is -0.268. The molecule has 0 saturated carbocycles. The molecule has 5 nitrogen and oxygen atoms in total. The van der Waals surface area contributed by atoms with Crippen molar-refractivity contribution >= 4 is 11.8 Å². The normalized spacial score (nSPS) is 21.0. The molecule has 0 amide bonds. The van der Waals surface area contributed by atoms with Gasteiger partial charge in [0.2, 0.25) is 0 Å². The Labute approximate surface area is 234 Å². The minimum Gasteiger partial charge on any atom is -0.496 e. The van der Waals surface area contributed by atoms with Gasteiger partial charge in [-0.2, -0.15) is 0 Å². The first-order valence-corrected chi connectivity index (χ1v) is 14.2. The maximum absolute atomic E-state index is 9.53. The summed E-state index contributed by atoms with van der Waals surface area (Å²) < 4.78 is 18.9. The van der Waals surface area contributed by atoms with Gasteiger partial charge in [-0.25, -0.2) is 0 Å². The van der Waals surface area contributed by atoms with Gasteiger partial charge in [-0.05, 0) is 52.1 Å². The van der Waals surface area contributed by atoms with E-state index in [0.717, 1.165) is 49.8 Å². The van der Waals surface area contributed by atoms with E-state index in [1.807, 2.05) is 60.7 Å². The molecule has 4 aromatic rings. The highest BCUT2D eigenvalue weighted by atomic mass is 32.2. The van der Waals surface area contributed by atoms with Crippen LogP contribution in [-0.2, 0) is 22.6 Å². The van der Waals surface area contributed by atoms with E-state index in [-0.39, 0.29) is 24.7 Å². The summed E-state index contributed by atoms with van der Waals surface area (Å²) in [4.78, 5) is 1.09. The standard InChI is InChI=1S/C33H35NO4S/c1-22-30(21-39-31-12-4-3-11-29(31)36-2)37-33(38-32(22)25-15-13-23(20-35)14-16-25)28-10-6-9-27(18-28)26-8-5-7-24(17-26)19-34/h3-18,22,30,32-33,35H,19-21,34H2,1-2H3/t22-,30+,32+,33+/m1/s1. The van der Waals surface area contributed by atoms with Gasteiger partial charge in [-0.1, -0.05) is 79.7 Å². The molecule has 0 aliphatic carbocycles. The average molecular weight is 542 g/mol. The Bertz CT molecular complexity index is 1380. The van der Waals surface area contributed by atoms with Gasteiger partial charge >= 0.3 is 0 Å². The predicted molar refractivity (Wildman–Crippen MR) is 156 cm³/mol. The number of thioether (sulfide) groups is 1. The van der Waals surface area contributed by atoms with E-state index in [1.165, 1.54) is 0 Å². The molecule has 0 radical (unpaired) electrons. The Morgan fingerprint density at radius 1 is 0.821 bits per heavy atom. The molecule has 1 saturated heterocycles. The summed E-state index contributed by atoms with van der Waals surface area (Å²) in [5, 5.41) is 9.53. The van der Waals surface area contributed by atoms with Crippen molar-refractivity contribution in [3.8, 4) is 16.9 Å². The van der Waals surface area contributed by atoms with Crippen molar-refractivity contribution in [3.63, 3.8) is 0 Å². The second-order valence-electron chi connectivity index (χ2n) is 9.81. The number of benzene rings is 4. The van der Waals surface area contributed by atoms with Crippen LogP contribution < -0.4 is 10.5 Å². The summed E-state index contributed by atoms with van der Waals surface area (Å²) in [5.74, 6) is 1.72. The molecule has 39 heavy (non-hydrogen) atoms. The number of aliphatic hydroxyl groups excluding tert-OH is 1. The number of para-hydroxylation sites is 1. The smallest absolute Gasteiger partial charge is 0.184 e. The third-order valence-corrected chi connectivity index (χ3v) is 8.39. The molecule has 5 rings (SSSR count). The summed E-state index contributed by atoms with van der Waals surface area (Å²) in [7, 11) is 1.70. The van der Waals surface area contributed by atoms with Gasteiger partial charge < -0.3 is 25.1 Å². The second-order valence-corrected chi connectivity index (χ2v) is 10.9. The first-order valence-electron chi connectivity index (χ1n) is 13.3. The molecular weight excluding hydrogens is 506 g/mol. The van der Waals surface area contributed by atoms with Crippen LogP contribution in [0.5, 0.6) is 5.75 Å². The fraction of sp³-hybridized carbons (Fsp3) is 0.273. The maximum Gasteiger partial charge on any atom is 0.184 e. The van der Waals surface area contributed by atoms with Crippen molar-refractivity contribution in [2.24, 2.45) is 11.7 Å². The molecular formula is C33H35NO4S. The van der Waals surface area contributed by atoms with E-state index >= 15 is 0 Å². The van der Waals surface area contributed by atoms with Crippen LogP contribution >= 0.6 is 11.8 Å². The molecule has 3 N–H and O–H groups in total. The molecule has 0 bridgehead atoms. The Morgan fingerprint density at radius 3 is 2.31 bits per heavy atom. The summed E-state index contributed by atoms with van der Waals surface area (Å²) in [6, 6.07) is 32.7. The van der Waals surface area contributed by atoms with Gasteiger partial charge in [0.1, 0.15) is 5.75 Å². The number of methoxy groups -OCH3 is 1. The Balaban J connectivity index is 1.44. The third kappa shape index (κ3) is 6.38. The number of ether oxygens (including phenoxy) is 3. The van der Waals surface area contributed by atoms with Gasteiger partial charge in [0.25, 0.3) is 0 Å². The number of hydrogen-bond acceptors (Lipinski definition) is 6. The fourth-order valence-corrected chi connectivity index (χ4v) is 6.16. The minimum atomic E-state index is -0.523. The Morgan fingerprint density at radius 2 is 1.56 bits per heavy atom. The highest BCUT2D eigenvalue weighted by Gasteiger charge is 2.38. The van der Waals surface area contributed by atoms with Crippen LogP contribution in [0.4, 0.5) is 0 Å². The van der Waals surface area contributed by atoms with Crippen molar-refractivity contribution in [2.75, 3.05) is 12.9 Å². The lowest BCUT2D eigenvalue weighted by atomic mass is 9.91. The van der Waals surface area contributed by atoms with E-state index in [0.29, 0.717) is 6.54 Å². The van der Waals surface area contributed by atoms with Gasteiger partial charge in [0.15, 0.2) is 6.29 Å². The number of hydrogen-bond donors (Lipinski definition) is 2. The number of nitrogens with two attached hydrogens (primary N) is 1. The number of aliphatic hydroxyl groups is 1. The molecule has 6 heteroatoms. The van der Waals surface area contributed by atoms with Gasteiger partial charge in [-0.15, -0.1) is 11.8 Å². The topological polar surface area (TPSA) is 73.9 Å². The van der Waals surface area contributed by atoms with Crippen molar-refractivity contribution in [1.82, 2.24) is 0 Å². The minimum absolute atomic E-state index is 0.0173. The third-order valence-electron chi connectivity index (χ3n) is 7.25. The van der Waals surface area contributed by atoms with Crippen LogP contribution in [0.1, 0.15) is 41.6 Å². The molecule has 1 fully saturated rings. The maximum atomic E-state index is 9.53. The highest BCUT2D eigenvalue weighted by molar-refractivity contribution is 7.99. The Kier molecular flexibility index (Phi) is 9.02. The summed E-state index contributed by atoms with van der Waals surface area (Å²) in [6.45, 7) is 2.70. The van der Waals surface area contributed by atoms with Crippen LogP contribution in [0.15, 0.2) is 102 Å². The summed E-state index contributed by atoms with van der Waals surface area (Å²) in [5.41, 5.74) is 12.1. The van der Waals surface area contributed by atoms with E-state index in [2.05, 4.69) is 43.3 Å². The van der Waals surface area contributed by atoms with Crippen molar-refractivity contribution < 1.29 is 19.3 Å².